The van der Waals surface area contributed by atoms with Gasteiger partial charge in [-0.05, 0) is 89.7 Å². The van der Waals surface area contributed by atoms with Crippen LogP contribution in [0.4, 0.5) is 11.5 Å². The summed E-state index contributed by atoms with van der Waals surface area (Å²) in [6, 6.07) is 8.67. The summed E-state index contributed by atoms with van der Waals surface area (Å²) >= 11 is 0. The van der Waals surface area contributed by atoms with E-state index in [-0.39, 0.29) is 11.6 Å². The van der Waals surface area contributed by atoms with E-state index < -0.39 is 5.41 Å². The van der Waals surface area contributed by atoms with Crippen LogP contribution in [0.5, 0.6) is 5.88 Å². The lowest BCUT2D eigenvalue weighted by Crippen LogP contribution is -2.70. The molecule has 2 aliphatic carbocycles. The highest BCUT2D eigenvalue weighted by Crippen LogP contribution is 2.54. The first kappa shape index (κ1) is 28.7. The number of ether oxygens (including phenoxy) is 2. The van der Waals surface area contributed by atoms with E-state index in [4.69, 9.17) is 29.7 Å². The van der Waals surface area contributed by atoms with Crippen molar-refractivity contribution in [3.8, 4) is 23.5 Å². The molecule has 5 heterocycles. The van der Waals surface area contributed by atoms with Gasteiger partial charge in [-0.25, -0.2) is 4.98 Å². The molecule has 45 heavy (non-hydrogen) atoms. The highest BCUT2D eigenvalue weighted by Gasteiger charge is 2.50. The lowest BCUT2D eigenvalue weighted by Gasteiger charge is -2.54. The molecule has 3 aliphatic heterocycles. The van der Waals surface area contributed by atoms with Crippen LogP contribution in [0.3, 0.4) is 0 Å². The van der Waals surface area contributed by atoms with E-state index in [0.29, 0.717) is 34.7 Å². The Morgan fingerprint density at radius 1 is 1.11 bits per heavy atom. The third kappa shape index (κ3) is 4.44. The number of piperazine rings is 1. The molecule has 11 heteroatoms. The molecule has 2 aromatic heterocycles. The molecule has 11 nitrogen and oxygen atoms in total. The summed E-state index contributed by atoms with van der Waals surface area (Å²) in [5, 5.41) is 14.8. The normalized spacial score (nSPS) is 26.4. The Bertz CT molecular complexity index is 1680. The van der Waals surface area contributed by atoms with E-state index in [0.717, 1.165) is 101 Å². The number of anilines is 2. The summed E-state index contributed by atoms with van der Waals surface area (Å²) in [7, 11) is 4.35. The monoisotopic (exact) mass is 610 g/mol. The molecule has 8 rings (SSSR count). The maximum Gasteiger partial charge on any atom is 0.219 e. The number of benzene rings is 1. The fourth-order valence-electron chi connectivity index (χ4n) is 8.71. The van der Waals surface area contributed by atoms with Gasteiger partial charge < -0.3 is 24.6 Å². The molecule has 2 N–H and O–H groups in total. The van der Waals surface area contributed by atoms with E-state index in [9.17, 15) is 5.26 Å². The van der Waals surface area contributed by atoms with Crippen LogP contribution in [0, 0.1) is 11.3 Å². The maximum absolute atomic E-state index is 10.1. The predicted molar refractivity (Wildman–Crippen MR) is 169 cm³/mol. The Morgan fingerprint density at radius 2 is 1.98 bits per heavy atom. The first-order valence-corrected chi connectivity index (χ1v) is 16.4. The number of aromatic nitrogens is 3. The summed E-state index contributed by atoms with van der Waals surface area (Å²) in [5.41, 5.74) is 10.9. The molecule has 3 saturated heterocycles. The topological polar surface area (TPSA) is 130 Å². The number of rotatable bonds is 5. The Balaban J connectivity index is 1.21. The van der Waals surface area contributed by atoms with Gasteiger partial charge in [0.15, 0.2) is 17.3 Å². The average molecular weight is 611 g/mol. The zero-order chi connectivity index (χ0) is 30.9. The number of nitriles is 1. The molecular weight excluding hydrogens is 568 g/mol. The van der Waals surface area contributed by atoms with Crippen LogP contribution in [-0.4, -0.2) is 96.1 Å². The van der Waals surface area contributed by atoms with Crippen LogP contribution in [0.2, 0.25) is 0 Å². The second-order valence-corrected chi connectivity index (χ2v) is 13.9. The number of likely N-dealkylation sites (tertiary alicyclic amines) is 1. The van der Waals surface area contributed by atoms with Crippen LogP contribution in [0.15, 0.2) is 22.7 Å². The summed E-state index contributed by atoms with van der Waals surface area (Å²) < 4.78 is 18.6. The number of hydrogen-bond donors (Lipinski definition) is 1. The highest BCUT2D eigenvalue weighted by atomic mass is 16.5. The van der Waals surface area contributed by atoms with Crippen molar-refractivity contribution >= 4 is 11.5 Å². The fraction of sp³-hybridized carbons (Fsp3) is 0.588. The van der Waals surface area contributed by atoms with Crippen molar-refractivity contribution in [1.82, 2.24) is 24.9 Å². The second-order valence-electron chi connectivity index (χ2n) is 13.9. The van der Waals surface area contributed by atoms with Crippen molar-refractivity contribution in [1.29, 1.82) is 5.26 Å². The molecular formula is C34H42N8O3. The molecule has 3 fully saturated rings. The van der Waals surface area contributed by atoms with Gasteiger partial charge in [0.25, 0.3) is 0 Å². The lowest BCUT2D eigenvalue weighted by molar-refractivity contribution is -0.134. The largest absolute Gasteiger partial charge is 0.473 e. The molecule has 2 spiro atoms. The number of hydrogen-bond acceptors (Lipinski definition) is 11. The van der Waals surface area contributed by atoms with Crippen molar-refractivity contribution in [3.63, 3.8) is 0 Å². The van der Waals surface area contributed by atoms with Crippen LogP contribution < -0.4 is 15.4 Å². The Labute approximate surface area is 264 Å². The summed E-state index contributed by atoms with van der Waals surface area (Å²) in [6.07, 6.45) is 6.68. The zero-order valence-electron chi connectivity index (χ0n) is 26.5. The number of nitrogen functional groups attached to an aromatic ring is 1. The number of likely N-dealkylation sites (N-methyl/N-ethyl adjacent to an activating group) is 2. The van der Waals surface area contributed by atoms with Gasteiger partial charge in [-0.15, -0.1) is 0 Å². The molecule has 0 bridgehead atoms. The van der Waals surface area contributed by atoms with Crippen molar-refractivity contribution in [3.05, 3.63) is 46.2 Å². The van der Waals surface area contributed by atoms with Gasteiger partial charge >= 0.3 is 0 Å². The Morgan fingerprint density at radius 3 is 2.73 bits per heavy atom. The van der Waals surface area contributed by atoms with Crippen LogP contribution in [0.1, 0.15) is 67.0 Å². The van der Waals surface area contributed by atoms with E-state index in [1.165, 1.54) is 12.0 Å². The van der Waals surface area contributed by atoms with E-state index >= 15 is 0 Å². The molecule has 0 amide bonds. The number of nitrogens with two attached hydrogens (primary N) is 1. The smallest absolute Gasteiger partial charge is 0.219 e. The number of aryl methyl sites for hydroxylation is 1. The maximum atomic E-state index is 10.1. The highest BCUT2D eigenvalue weighted by molar-refractivity contribution is 5.68. The van der Waals surface area contributed by atoms with E-state index in [2.05, 4.69) is 53.0 Å². The van der Waals surface area contributed by atoms with Gasteiger partial charge in [0.05, 0.1) is 29.7 Å². The van der Waals surface area contributed by atoms with Gasteiger partial charge in [0.1, 0.15) is 18.0 Å². The minimum atomic E-state index is -0.415. The molecule has 3 atom stereocenters. The first-order valence-electron chi connectivity index (χ1n) is 16.4. The van der Waals surface area contributed by atoms with Crippen molar-refractivity contribution in [2.45, 2.75) is 75.0 Å². The van der Waals surface area contributed by atoms with Crippen LogP contribution >= 0.6 is 0 Å². The van der Waals surface area contributed by atoms with Gasteiger partial charge in [-0.3, -0.25) is 9.80 Å². The molecule has 1 aromatic carbocycles. The molecule has 5 aliphatic rings. The molecule has 3 aromatic rings. The molecule has 0 saturated carbocycles. The third-order valence-electron chi connectivity index (χ3n) is 11.4. The molecule has 0 radical (unpaired) electrons. The summed E-state index contributed by atoms with van der Waals surface area (Å²) in [5.74, 6) is 2.77. The molecule has 236 valence electrons. The lowest BCUT2D eigenvalue weighted by atomic mass is 9.68. The Kier molecular flexibility index (Phi) is 6.82. The number of fused-ring (bicyclic) bond motifs is 4. The standard InChI is InChI=1S/C34H42N8O3/c1-21(26-7-5-13-40(26)2)44-28-16-27(42-15-14-41(3)33(18-42)19-43-20-33)37-32(38-28)30-23-6-4-11-34(31(23)45-39-30)12-10-22-8-9-25(36)24(17-35)29(22)34/h8-9,16,21,26H,4-7,10-15,18-20,36H2,1-3H3/t21-,26-,34-/m0/s1. The van der Waals surface area contributed by atoms with E-state index in [1.807, 2.05) is 12.1 Å². The molecule has 0 unspecified atom stereocenters. The minimum Gasteiger partial charge on any atom is -0.473 e. The second kappa shape index (κ2) is 10.7. The third-order valence-corrected chi connectivity index (χ3v) is 11.4. The van der Waals surface area contributed by atoms with E-state index in [1.54, 1.807) is 0 Å². The summed E-state index contributed by atoms with van der Waals surface area (Å²) in [6.45, 7) is 7.28. The fourth-order valence-corrected chi connectivity index (χ4v) is 8.71. The SMILES string of the molecule is C[C@H](Oc1cc(N2CCN(C)C3(COC3)C2)nc(-c2noc3c2CCC[C@@]32CCc3ccc(N)c(C#N)c32)n1)[C@@H]1CCCN1C. The van der Waals surface area contributed by atoms with Crippen LogP contribution in [-0.2, 0) is 23.0 Å². The van der Waals surface area contributed by atoms with Gasteiger partial charge in [0.2, 0.25) is 5.88 Å². The summed E-state index contributed by atoms with van der Waals surface area (Å²) in [4.78, 5) is 17.3. The van der Waals surface area contributed by atoms with Crippen LogP contribution in [0.25, 0.3) is 11.5 Å². The predicted octanol–water partition coefficient (Wildman–Crippen LogP) is 3.54. The van der Waals surface area contributed by atoms with Crippen molar-refractivity contribution < 1.29 is 14.0 Å². The quantitative estimate of drug-likeness (QED) is 0.426. The average Bonchev–Trinajstić information content (AvgIpc) is 3.75. The van der Waals surface area contributed by atoms with Gasteiger partial charge in [-0.1, -0.05) is 11.2 Å². The van der Waals surface area contributed by atoms with Crippen molar-refractivity contribution in [2.24, 2.45) is 0 Å². The first-order chi connectivity index (χ1) is 21.8. The Hall–Kier alpha value is -3.72. The van der Waals surface area contributed by atoms with Gasteiger partial charge in [-0.2, -0.15) is 10.2 Å². The minimum absolute atomic E-state index is 0.000169. The zero-order valence-corrected chi connectivity index (χ0v) is 26.5. The number of nitrogens with zero attached hydrogens (tertiary/aromatic N) is 7. The van der Waals surface area contributed by atoms with Crippen molar-refractivity contribution in [2.75, 3.05) is 64.1 Å². The van der Waals surface area contributed by atoms with Gasteiger partial charge in [0, 0.05) is 43.0 Å².